The molecule has 0 unspecified atom stereocenters. The van der Waals surface area contributed by atoms with Crippen molar-refractivity contribution in [2.24, 2.45) is 5.10 Å². The molecule has 0 aromatic heterocycles. The Hall–Kier alpha value is -3.32. The lowest BCUT2D eigenvalue weighted by atomic mass is 10.2. The number of nitrogens with zero attached hydrogens (tertiary/aromatic N) is 1. The molecule has 0 aliphatic carbocycles. The van der Waals surface area contributed by atoms with Gasteiger partial charge in [-0.05, 0) is 60.5 Å². The van der Waals surface area contributed by atoms with Crippen LogP contribution in [0.4, 0.5) is 5.69 Å². The van der Waals surface area contributed by atoms with Crippen molar-refractivity contribution in [1.82, 2.24) is 5.43 Å². The van der Waals surface area contributed by atoms with Crippen LogP contribution in [0, 0.1) is 0 Å². The second kappa shape index (κ2) is 11.8. The van der Waals surface area contributed by atoms with Gasteiger partial charge in [0.2, 0.25) is 0 Å². The summed E-state index contributed by atoms with van der Waals surface area (Å²) in [6, 6.07) is 23.1. The highest BCUT2D eigenvalue weighted by atomic mass is 79.9. The van der Waals surface area contributed by atoms with Crippen molar-refractivity contribution in [3.05, 3.63) is 88.4 Å². The number of amides is 1. The van der Waals surface area contributed by atoms with Gasteiger partial charge >= 0.3 is 0 Å². The van der Waals surface area contributed by atoms with Gasteiger partial charge in [-0.15, -0.1) is 0 Å². The number of hydrazone groups is 1. The minimum atomic E-state index is -0.244. The molecular weight excluding hydrogens is 458 g/mol. The van der Waals surface area contributed by atoms with Crippen LogP contribution in [0.5, 0.6) is 11.5 Å². The lowest BCUT2D eigenvalue weighted by Gasteiger charge is -2.12. The van der Waals surface area contributed by atoms with Crippen molar-refractivity contribution in [3.8, 4) is 11.5 Å². The number of nitrogens with one attached hydrogen (secondary N) is 2. The molecule has 0 radical (unpaired) electrons. The summed E-state index contributed by atoms with van der Waals surface area (Å²) in [5, 5.41) is 7.06. The Morgan fingerprint density at radius 2 is 1.77 bits per heavy atom. The van der Waals surface area contributed by atoms with E-state index in [-0.39, 0.29) is 12.5 Å². The van der Waals surface area contributed by atoms with E-state index >= 15 is 0 Å². The Kier molecular flexibility index (Phi) is 8.48. The number of ether oxygens (including phenoxy) is 2. The van der Waals surface area contributed by atoms with Crippen molar-refractivity contribution in [3.63, 3.8) is 0 Å². The molecule has 31 heavy (non-hydrogen) atoms. The molecule has 6 nitrogen and oxygen atoms in total. The number of halogens is 1. The number of hydrogen-bond donors (Lipinski definition) is 2. The molecule has 0 bridgehead atoms. The molecule has 160 valence electrons. The summed E-state index contributed by atoms with van der Waals surface area (Å²) in [6.07, 6.45) is 1.57. The fourth-order valence-electron chi connectivity index (χ4n) is 2.70. The lowest BCUT2D eigenvalue weighted by molar-refractivity contribution is -0.119. The van der Waals surface area contributed by atoms with Gasteiger partial charge in [0.25, 0.3) is 5.91 Å². The van der Waals surface area contributed by atoms with Gasteiger partial charge < -0.3 is 14.8 Å². The SMILES string of the molecule is CCOc1cc(/C=N\NC(=O)CNc2ccc(Br)cc2)ccc1OCc1ccccc1. The van der Waals surface area contributed by atoms with Gasteiger partial charge in [0.05, 0.1) is 19.4 Å². The molecular formula is C24H24BrN3O3. The predicted molar refractivity (Wildman–Crippen MR) is 127 cm³/mol. The maximum atomic E-state index is 12.0. The zero-order valence-corrected chi connectivity index (χ0v) is 18.8. The third-order valence-corrected chi connectivity index (χ3v) is 4.73. The average Bonchev–Trinajstić information content (AvgIpc) is 2.79. The topological polar surface area (TPSA) is 72.0 Å². The Morgan fingerprint density at radius 3 is 2.52 bits per heavy atom. The van der Waals surface area contributed by atoms with Crippen molar-refractivity contribution in [2.75, 3.05) is 18.5 Å². The van der Waals surface area contributed by atoms with Crippen LogP contribution in [0.2, 0.25) is 0 Å². The first kappa shape index (κ1) is 22.4. The van der Waals surface area contributed by atoms with Crippen molar-refractivity contribution in [2.45, 2.75) is 13.5 Å². The van der Waals surface area contributed by atoms with E-state index in [1.54, 1.807) is 6.21 Å². The van der Waals surface area contributed by atoms with Crippen LogP contribution in [0.1, 0.15) is 18.1 Å². The van der Waals surface area contributed by atoms with E-state index < -0.39 is 0 Å². The molecule has 0 aliphatic heterocycles. The quantitative estimate of drug-likeness (QED) is 0.316. The number of carbonyl (C=O) groups is 1. The van der Waals surface area contributed by atoms with Gasteiger partial charge in [0.1, 0.15) is 6.61 Å². The number of rotatable bonds is 10. The fraction of sp³-hybridized carbons (Fsp3) is 0.167. The van der Waals surface area contributed by atoms with Gasteiger partial charge in [-0.25, -0.2) is 5.43 Å². The monoisotopic (exact) mass is 481 g/mol. The second-order valence-electron chi connectivity index (χ2n) is 6.57. The van der Waals surface area contributed by atoms with E-state index in [9.17, 15) is 4.79 Å². The minimum absolute atomic E-state index is 0.120. The van der Waals surface area contributed by atoms with Crippen molar-refractivity contribution >= 4 is 33.7 Å². The van der Waals surface area contributed by atoms with Gasteiger partial charge in [0, 0.05) is 10.2 Å². The van der Waals surface area contributed by atoms with Crippen LogP contribution >= 0.6 is 15.9 Å². The summed E-state index contributed by atoms with van der Waals surface area (Å²) in [6.45, 7) is 3.01. The van der Waals surface area contributed by atoms with Gasteiger partial charge in [-0.3, -0.25) is 4.79 Å². The first-order valence-electron chi connectivity index (χ1n) is 9.89. The summed E-state index contributed by atoms with van der Waals surface area (Å²) in [5.74, 6) is 1.04. The first-order chi connectivity index (χ1) is 15.1. The molecule has 0 fully saturated rings. The molecule has 7 heteroatoms. The van der Waals surface area contributed by atoms with E-state index in [1.807, 2.05) is 79.7 Å². The number of benzene rings is 3. The van der Waals surface area contributed by atoms with Crippen LogP contribution in [0.3, 0.4) is 0 Å². The van der Waals surface area contributed by atoms with Crippen molar-refractivity contribution < 1.29 is 14.3 Å². The number of carbonyl (C=O) groups excluding carboxylic acids is 1. The minimum Gasteiger partial charge on any atom is -0.490 e. The van der Waals surface area contributed by atoms with E-state index in [2.05, 4.69) is 31.8 Å². The summed E-state index contributed by atoms with van der Waals surface area (Å²) in [7, 11) is 0. The van der Waals surface area contributed by atoms with Crippen LogP contribution in [0.15, 0.2) is 82.4 Å². The Bertz CT molecular complexity index is 1010. The van der Waals surface area contributed by atoms with E-state index in [1.165, 1.54) is 0 Å². The normalized spacial score (nSPS) is 10.6. The Morgan fingerprint density at radius 1 is 1.00 bits per heavy atom. The highest BCUT2D eigenvalue weighted by molar-refractivity contribution is 9.10. The van der Waals surface area contributed by atoms with Crippen LogP contribution < -0.4 is 20.2 Å². The smallest absolute Gasteiger partial charge is 0.259 e. The highest BCUT2D eigenvalue weighted by Gasteiger charge is 2.07. The average molecular weight is 482 g/mol. The molecule has 2 N–H and O–H groups in total. The van der Waals surface area contributed by atoms with Crippen molar-refractivity contribution in [1.29, 1.82) is 0 Å². The second-order valence-corrected chi connectivity index (χ2v) is 7.48. The van der Waals surface area contributed by atoms with Gasteiger partial charge in [-0.2, -0.15) is 5.10 Å². The molecule has 0 atom stereocenters. The molecule has 1 amide bonds. The largest absolute Gasteiger partial charge is 0.490 e. The summed E-state index contributed by atoms with van der Waals surface area (Å²) >= 11 is 3.38. The fourth-order valence-corrected chi connectivity index (χ4v) is 2.96. The molecule has 3 aromatic carbocycles. The maximum Gasteiger partial charge on any atom is 0.259 e. The van der Waals surface area contributed by atoms with E-state index in [0.717, 1.165) is 21.3 Å². The van der Waals surface area contributed by atoms with Gasteiger partial charge in [-0.1, -0.05) is 46.3 Å². The number of anilines is 1. The molecule has 3 aromatic rings. The maximum absolute atomic E-state index is 12.0. The standard InChI is InChI=1S/C24H24BrN3O3/c1-2-30-23-14-19(8-13-22(23)31-17-18-6-4-3-5-7-18)15-27-28-24(29)16-26-21-11-9-20(25)10-12-21/h3-15,26H,2,16-17H2,1H3,(H,28,29)/b27-15-. The van der Waals surface area contributed by atoms with E-state index in [0.29, 0.717) is 24.7 Å². The van der Waals surface area contributed by atoms with E-state index in [4.69, 9.17) is 9.47 Å². The Labute approximate surface area is 190 Å². The van der Waals surface area contributed by atoms with Gasteiger partial charge in [0.15, 0.2) is 11.5 Å². The molecule has 0 spiro atoms. The summed E-state index contributed by atoms with van der Waals surface area (Å²) in [5.41, 5.74) is 5.24. The molecule has 0 saturated heterocycles. The predicted octanol–water partition coefficient (Wildman–Crippen LogP) is 4.99. The zero-order chi connectivity index (χ0) is 21.9. The molecule has 0 saturated carbocycles. The van der Waals surface area contributed by atoms with Crippen LogP contribution in [-0.4, -0.2) is 25.3 Å². The van der Waals surface area contributed by atoms with Crippen LogP contribution in [0.25, 0.3) is 0 Å². The lowest BCUT2D eigenvalue weighted by Crippen LogP contribution is -2.25. The van der Waals surface area contributed by atoms with Crippen LogP contribution in [-0.2, 0) is 11.4 Å². The molecule has 0 aliphatic rings. The third kappa shape index (κ3) is 7.46. The zero-order valence-electron chi connectivity index (χ0n) is 17.2. The Balaban J connectivity index is 1.53. The highest BCUT2D eigenvalue weighted by Crippen LogP contribution is 2.28. The molecule has 0 heterocycles. The molecule has 3 rings (SSSR count). The number of hydrogen-bond acceptors (Lipinski definition) is 5. The third-order valence-electron chi connectivity index (χ3n) is 4.20. The first-order valence-corrected chi connectivity index (χ1v) is 10.7. The summed E-state index contributed by atoms with van der Waals surface area (Å²) in [4.78, 5) is 12.0. The summed E-state index contributed by atoms with van der Waals surface area (Å²) < 4.78 is 12.6.